The average molecular weight is 397 g/mol. The van der Waals surface area contributed by atoms with Gasteiger partial charge in [0.15, 0.2) is 0 Å². The molecular formula is C22H28FN5O. The molecule has 154 valence electrons. The SMILES string of the molecule is CCN1CCN(c2ccc(CNC(=O)NC3CCc4c(F)cccc43)cn2)CC1. The molecule has 0 radical (unpaired) electrons. The highest BCUT2D eigenvalue weighted by Gasteiger charge is 2.26. The van der Waals surface area contributed by atoms with Crippen LogP contribution in [0, 0.1) is 5.82 Å². The number of carbonyl (C=O) groups is 1. The number of halogens is 1. The van der Waals surface area contributed by atoms with E-state index in [0.717, 1.165) is 61.7 Å². The number of anilines is 1. The molecule has 1 unspecified atom stereocenters. The van der Waals surface area contributed by atoms with E-state index in [1.165, 1.54) is 6.07 Å². The summed E-state index contributed by atoms with van der Waals surface area (Å²) in [6.07, 6.45) is 3.21. The number of urea groups is 1. The smallest absolute Gasteiger partial charge is 0.315 e. The van der Waals surface area contributed by atoms with Crippen LogP contribution in [0.3, 0.4) is 0 Å². The number of hydrogen-bond donors (Lipinski definition) is 2. The Morgan fingerprint density at radius 1 is 1.21 bits per heavy atom. The molecule has 1 aromatic heterocycles. The first kappa shape index (κ1) is 19.6. The summed E-state index contributed by atoms with van der Waals surface area (Å²) in [5.41, 5.74) is 2.56. The highest BCUT2D eigenvalue weighted by Crippen LogP contribution is 2.32. The molecule has 1 aliphatic heterocycles. The van der Waals surface area contributed by atoms with E-state index in [4.69, 9.17) is 0 Å². The van der Waals surface area contributed by atoms with Gasteiger partial charge in [0.1, 0.15) is 11.6 Å². The second-order valence-electron chi connectivity index (χ2n) is 7.67. The summed E-state index contributed by atoms with van der Waals surface area (Å²) in [6, 6.07) is 8.71. The van der Waals surface area contributed by atoms with Gasteiger partial charge in [-0.1, -0.05) is 25.1 Å². The van der Waals surface area contributed by atoms with Crippen molar-refractivity contribution in [3.8, 4) is 0 Å². The van der Waals surface area contributed by atoms with Crippen LogP contribution in [0.4, 0.5) is 15.0 Å². The maximum Gasteiger partial charge on any atom is 0.315 e. The molecule has 1 fully saturated rings. The molecule has 7 heteroatoms. The van der Waals surface area contributed by atoms with Crippen molar-refractivity contribution >= 4 is 11.8 Å². The summed E-state index contributed by atoms with van der Waals surface area (Å²) >= 11 is 0. The van der Waals surface area contributed by atoms with E-state index in [0.29, 0.717) is 13.0 Å². The first-order valence-electron chi connectivity index (χ1n) is 10.4. The Balaban J connectivity index is 1.27. The quantitative estimate of drug-likeness (QED) is 0.815. The third-order valence-corrected chi connectivity index (χ3v) is 5.92. The predicted molar refractivity (Wildman–Crippen MR) is 111 cm³/mol. The highest BCUT2D eigenvalue weighted by atomic mass is 19.1. The van der Waals surface area contributed by atoms with Crippen molar-refractivity contribution in [3.63, 3.8) is 0 Å². The summed E-state index contributed by atoms with van der Waals surface area (Å²) in [4.78, 5) is 21.6. The fourth-order valence-corrected chi connectivity index (χ4v) is 4.15. The van der Waals surface area contributed by atoms with Gasteiger partial charge < -0.3 is 20.4 Å². The Morgan fingerprint density at radius 3 is 2.76 bits per heavy atom. The Bertz CT molecular complexity index is 849. The zero-order valence-electron chi connectivity index (χ0n) is 16.8. The van der Waals surface area contributed by atoms with Crippen LogP contribution in [0.25, 0.3) is 0 Å². The van der Waals surface area contributed by atoms with Crippen LogP contribution in [0.5, 0.6) is 0 Å². The fraction of sp³-hybridized carbons (Fsp3) is 0.455. The minimum atomic E-state index is -0.244. The van der Waals surface area contributed by atoms with Gasteiger partial charge in [-0.15, -0.1) is 0 Å². The lowest BCUT2D eigenvalue weighted by molar-refractivity contribution is 0.236. The molecule has 2 aliphatic rings. The number of carbonyl (C=O) groups excluding carboxylic acids is 1. The molecule has 0 saturated carbocycles. The van der Waals surface area contributed by atoms with Crippen molar-refractivity contribution in [2.75, 3.05) is 37.6 Å². The third-order valence-electron chi connectivity index (χ3n) is 5.92. The maximum atomic E-state index is 13.8. The topological polar surface area (TPSA) is 60.5 Å². The number of hydrogen-bond acceptors (Lipinski definition) is 4. The van der Waals surface area contributed by atoms with Gasteiger partial charge in [0.25, 0.3) is 0 Å². The molecule has 1 aromatic carbocycles. The van der Waals surface area contributed by atoms with Crippen LogP contribution in [-0.4, -0.2) is 48.6 Å². The normalized spacial score (nSPS) is 19.1. The van der Waals surface area contributed by atoms with E-state index in [9.17, 15) is 9.18 Å². The zero-order valence-corrected chi connectivity index (χ0v) is 16.8. The van der Waals surface area contributed by atoms with Crippen LogP contribution in [-0.2, 0) is 13.0 Å². The summed E-state index contributed by atoms with van der Waals surface area (Å²) in [5, 5.41) is 5.83. The van der Waals surface area contributed by atoms with Gasteiger partial charge in [-0.2, -0.15) is 0 Å². The van der Waals surface area contributed by atoms with Gasteiger partial charge in [0.05, 0.1) is 6.04 Å². The second kappa shape index (κ2) is 8.78. The number of benzene rings is 1. The predicted octanol–water partition coefficient (Wildman–Crippen LogP) is 2.85. The molecule has 2 aromatic rings. The van der Waals surface area contributed by atoms with Gasteiger partial charge in [0.2, 0.25) is 0 Å². The molecule has 0 spiro atoms. The van der Waals surface area contributed by atoms with Crippen molar-refractivity contribution in [1.29, 1.82) is 0 Å². The zero-order chi connectivity index (χ0) is 20.2. The number of nitrogens with zero attached hydrogens (tertiary/aromatic N) is 3. The molecule has 1 atom stereocenters. The molecule has 6 nitrogen and oxygen atoms in total. The summed E-state index contributed by atoms with van der Waals surface area (Å²) in [6.45, 7) is 7.80. The lowest BCUT2D eigenvalue weighted by Gasteiger charge is -2.34. The number of aromatic nitrogens is 1. The molecule has 2 N–H and O–H groups in total. The first-order valence-corrected chi connectivity index (χ1v) is 10.4. The minimum Gasteiger partial charge on any atom is -0.354 e. The van der Waals surface area contributed by atoms with E-state index < -0.39 is 0 Å². The average Bonchev–Trinajstić information content (AvgIpc) is 3.17. The van der Waals surface area contributed by atoms with Gasteiger partial charge in [-0.25, -0.2) is 14.2 Å². The summed E-state index contributed by atoms with van der Waals surface area (Å²) < 4.78 is 13.8. The Kier molecular flexibility index (Phi) is 5.94. The van der Waals surface area contributed by atoms with Crippen LogP contribution >= 0.6 is 0 Å². The Morgan fingerprint density at radius 2 is 2.03 bits per heavy atom. The van der Waals surface area contributed by atoms with E-state index in [2.05, 4.69) is 32.3 Å². The Labute approximate surface area is 171 Å². The first-order chi connectivity index (χ1) is 14.1. The molecular weight excluding hydrogens is 369 g/mol. The fourth-order valence-electron chi connectivity index (χ4n) is 4.15. The van der Waals surface area contributed by atoms with E-state index in [1.54, 1.807) is 6.07 Å². The van der Waals surface area contributed by atoms with Crippen molar-refractivity contribution in [2.24, 2.45) is 0 Å². The van der Waals surface area contributed by atoms with Crippen molar-refractivity contribution in [3.05, 3.63) is 59.0 Å². The Hall–Kier alpha value is -2.67. The minimum absolute atomic E-state index is 0.136. The van der Waals surface area contributed by atoms with E-state index in [-0.39, 0.29) is 17.9 Å². The van der Waals surface area contributed by atoms with Crippen LogP contribution in [0.1, 0.15) is 36.1 Å². The second-order valence-corrected chi connectivity index (χ2v) is 7.67. The van der Waals surface area contributed by atoms with Crippen LogP contribution in [0.15, 0.2) is 36.5 Å². The molecule has 2 heterocycles. The number of fused-ring (bicyclic) bond motifs is 1. The van der Waals surface area contributed by atoms with Crippen LogP contribution < -0.4 is 15.5 Å². The van der Waals surface area contributed by atoms with Gasteiger partial charge >= 0.3 is 6.03 Å². The number of likely N-dealkylation sites (N-methyl/N-ethyl adjacent to an activating group) is 1. The van der Waals surface area contributed by atoms with Crippen molar-refractivity contribution < 1.29 is 9.18 Å². The van der Waals surface area contributed by atoms with E-state index >= 15 is 0 Å². The molecule has 29 heavy (non-hydrogen) atoms. The van der Waals surface area contributed by atoms with Crippen LogP contribution in [0.2, 0.25) is 0 Å². The van der Waals surface area contributed by atoms with Crippen molar-refractivity contribution in [2.45, 2.75) is 32.4 Å². The standard InChI is InChI=1S/C22H28FN5O/c1-2-27-10-12-28(13-11-27)21-9-6-16(14-24-21)15-25-22(29)26-20-8-7-17-18(20)4-3-5-19(17)23/h3-6,9,14,20H,2,7-8,10-13,15H2,1H3,(H2,25,26,29). The molecule has 1 aliphatic carbocycles. The third kappa shape index (κ3) is 4.50. The maximum absolute atomic E-state index is 13.8. The number of nitrogens with one attached hydrogen (secondary N) is 2. The lowest BCUT2D eigenvalue weighted by atomic mass is 10.1. The molecule has 2 amide bonds. The lowest BCUT2D eigenvalue weighted by Crippen LogP contribution is -2.46. The summed E-state index contributed by atoms with van der Waals surface area (Å²) in [7, 11) is 0. The van der Waals surface area contributed by atoms with E-state index in [1.807, 2.05) is 24.4 Å². The molecule has 0 bridgehead atoms. The number of piperazine rings is 1. The van der Waals surface area contributed by atoms with Crippen molar-refractivity contribution in [1.82, 2.24) is 20.5 Å². The number of amides is 2. The molecule has 4 rings (SSSR count). The number of pyridine rings is 1. The van der Waals surface area contributed by atoms with Gasteiger partial charge in [-0.05, 0) is 48.2 Å². The summed E-state index contributed by atoms with van der Waals surface area (Å²) in [5.74, 6) is 0.799. The largest absolute Gasteiger partial charge is 0.354 e. The van der Waals surface area contributed by atoms with Gasteiger partial charge in [-0.3, -0.25) is 0 Å². The highest BCUT2D eigenvalue weighted by molar-refractivity contribution is 5.74. The number of rotatable bonds is 5. The monoisotopic (exact) mass is 397 g/mol. The molecule has 1 saturated heterocycles. The van der Waals surface area contributed by atoms with Gasteiger partial charge in [0, 0.05) is 38.9 Å².